The van der Waals surface area contributed by atoms with Crippen LogP contribution in [0.2, 0.25) is 0 Å². The molecule has 0 radical (unpaired) electrons. The number of hydrogen-bond donors (Lipinski definition) is 1. The third-order valence-corrected chi connectivity index (χ3v) is 8.29. The van der Waals surface area contributed by atoms with Crippen molar-refractivity contribution in [3.8, 4) is 11.3 Å². The second kappa shape index (κ2) is 9.44. The highest BCUT2D eigenvalue weighted by Gasteiger charge is 2.35. The lowest BCUT2D eigenvalue weighted by molar-refractivity contribution is -0.136. The van der Waals surface area contributed by atoms with Gasteiger partial charge in [-0.1, -0.05) is 54.6 Å². The quantitative estimate of drug-likeness (QED) is 0.330. The molecule has 2 aliphatic rings. The summed E-state index contributed by atoms with van der Waals surface area (Å²) in [5.41, 5.74) is 4.35. The zero-order valence-corrected chi connectivity index (χ0v) is 21.8. The number of carbonyl (C=O) groups is 1. The van der Waals surface area contributed by atoms with Crippen LogP contribution in [0, 0.1) is 5.92 Å². The molecule has 7 rings (SSSR count). The molecule has 5 aromatic rings. The summed E-state index contributed by atoms with van der Waals surface area (Å²) in [6.07, 6.45) is 7.09. The van der Waals surface area contributed by atoms with Crippen LogP contribution >= 0.6 is 0 Å². The van der Waals surface area contributed by atoms with Crippen LogP contribution < -0.4 is 0 Å². The van der Waals surface area contributed by atoms with Gasteiger partial charge in [0.1, 0.15) is 11.9 Å². The Morgan fingerprint density at radius 1 is 1.00 bits per heavy atom. The van der Waals surface area contributed by atoms with Gasteiger partial charge in [0.2, 0.25) is 5.91 Å². The van der Waals surface area contributed by atoms with E-state index in [1.807, 2.05) is 25.4 Å². The SMILES string of the molecule is Cn1cc(CC(=O)N2CCN(CC3CC3)CC2c2ncc(-c3ccc4ccccc4c3)[nH]2)c2ccccc21. The van der Waals surface area contributed by atoms with Crippen molar-refractivity contribution in [2.24, 2.45) is 13.0 Å². The first-order valence-corrected chi connectivity index (χ1v) is 13.7. The van der Waals surface area contributed by atoms with Gasteiger partial charge >= 0.3 is 0 Å². The summed E-state index contributed by atoms with van der Waals surface area (Å²) >= 11 is 0. The number of aromatic nitrogens is 3. The van der Waals surface area contributed by atoms with Crippen LogP contribution in [-0.2, 0) is 18.3 Å². The fourth-order valence-corrected chi connectivity index (χ4v) is 6.04. The molecule has 1 amide bonds. The third kappa shape index (κ3) is 4.39. The number of benzene rings is 3. The highest BCUT2D eigenvalue weighted by Crippen LogP contribution is 2.33. The van der Waals surface area contributed by atoms with Gasteiger partial charge in [-0.05, 0) is 47.2 Å². The topological polar surface area (TPSA) is 57.2 Å². The normalized spacial score (nSPS) is 18.4. The first kappa shape index (κ1) is 23.2. The van der Waals surface area contributed by atoms with E-state index in [-0.39, 0.29) is 11.9 Å². The number of nitrogens with one attached hydrogen (secondary N) is 1. The van der Waals surface area contributed by atoms with E-state index in [4.69, 9.17) is 4.98 Å². The first-order chi connectivity index (χ1) is 18.6. The highest BCUT2D eigenvalue weighted by molar-refractivity contribution is 5.90. The molecule has 1 aliphatic heterocycles. The van der Waals surface area contributed by atoms with Crippen LogP contribution in [0.5, 0.6) is 0 Å². The van der Waals surface area contributed by atoms with Crippen molar-refractivity contribution in [3.05, 3.63) is 90.5 Å². The maximum Gasteiger partial charge on any atom is 0.227 e. The minimum atomic E-state index is -0.0841. The van der Waals surface area contributed by atoms with E-state index in [1.165, 1.54) is 23.6 Å². The minimum Gasteiger partial charge on any atom is -0.350 e. The first-order valence-electron chi connectivity index (χ1n) is 13.7. The summed E-state index contributed by atoms with van der Waals surface area (Å²) in [6, 6.07) is 23.2. The van der Waals surface area contributed by atoms with E-state index in [0.29, 0.717) is 6.42 Å². The number of H-pyrrole nitrogens is 1. The van der Waals surface area contributed by atoms with Gasteiger partial charge in [-0.15, -0.1) is 0 Å². The van der Waals surface area contributed by atoms with Crippen molar-refractivity contribution in [1.29, 1.82) is 0 Å². The zero-order chi connectivity index (χ0) is 25.6. The summed E-state index contributed by atoms with van der Waals surface area (Å²) in [6.45, 7) is 3.60. The number of carbonyl (C=O) groups excluding carboxylic acids is 1. The largest absolute Gasteiger partial charge is 0.350 e. The number of fused-ring (bicyclic) bond motifs is 2. The molecular formula is C32H33N5O. The van der Waals surface area contributed by atoms with Gasteiger partial charge in [-0.3, -0.25) is 9.69 Å². The van der Waals surface area contributed by atoms with Crippen LogP contribution in [0.15, 0.2) is 79.1 Å². The fraction of sp³-hybridized carbons (Fsp3) is 0.312. The lowest BCUT2D eigenvalue weighted by atomic mass is 10.1. The van der Waals surface area contributed by atoms with E-state index in [1.54, 1.807) is 0 Å². The Morgan fingerprint density at radius 3 is 2.68 bits per heavy atom. The van der Waals surface area contributed by atoms with Crippen molar-refractivity contribution in [2.75, 3.05) is 26.2 Å². The Labute approximate surface area is 222 Å². The number of imidazole rings is 1. The maximum absolute atomic E-state index is 13.8. The summed E-state index contributed by atoms with van der Waals surface area (Å²) in [7, 11) is 2.05. The van der Waals surface area contributed by atoms with Crippen molar-refractivity contribution >= 4 is 27.6 Å². The van der Waals surface area contributed by atoms with Gasteiger partial charge in [0.15, 0.2) is 0 Å². The number of hydrogen-bond acceptors (Lipinski definition) is 3. The average molecular weight is 504 g/mol. The minimum absolute atomic E-state index is 0.0841. The van der Waals surface area contributed by atoms with Crippen molar-refractivity contribution in [1.82, 2.24) is 24.3 Å². The number of rotatable bonds is 6. The smallest absolute Gasteiger partial charge is 0.227 e. The van der Waals surface area contributed by atoms with Crippen molar-refractivity contribution < 1.29 is 4.79 Å². The molecule has 38 heavy (non-hydrogen) atoms. The van der Waals surface area contributed by atoms with E-state index >= 15 is 0 Å². The molecule has 0 spiro atoms. The number of aryl methyl sites for hydroxylation is 1. The molecule has 3 aromatic carbocycles. The lowest BCUT2D eigenvalue weighted by Crippen LogP contribution is -2.51. The number of piperazine rings is 1. The summed E-state index contributed by atoms with van der Waals surface area (Å²) < 4.78 is 2.12. The molecule has 192 valence electrons. The van der Waals surface area contributed by atoms with Gasteiger partial charge in [0.05, 0.1) is 18.3 Å². The molecule has 1 N–H and O–H groups in total. The average Bonchev–Trinajstić information content (AvgIpc) is 3.52. The van der Waals surface area contributed by atoms with Crippen molar-refractivity contribution in [3.63, 3.8) is 0 Å². The molecule has 3 heterocycles. The molecule has 1 atom stereocenters. The number of para-hydroxylation sites is 1. The van der Waals surface area contributed by atoms with Crippen LogP contribution in [0.4, 0.5) is 0 Å². The number of amides is 1. The van der Waals surface area contributed by atoms with Gasteiger partial charge < -0.3 is 14.5 Å². The fourth-order valence-electron chi connectivity index (χ4n) is 6.04. The Kier molecular flexibility index (Phi) is 5.77. The van der Waals surface area contributed by atoms with E-state index in [9.17, 15) is 4.79 Å². The van der Waals surface area contributed by atoms with E-state index < -0.39 is 0 Å². The Morgan fingerprint density at radius 2 is 1.82 bits per heavy atom. The van der Waals surface area contributed by atoms with Crippen molar-refractivity contribution in [2.45, 2.75) is 25.3 Å². The van der Waals surface area contributed by atoms with E-state index in [0.717, 1.165) is 65.6 Å². The maximum atomic E-state index is 13.8. The molecule has 0 bridgehead atoms. The third-order valence-electron chi connectivity index (χ3n) is 8.29. The molecule has 2 fully saturated rings. The highest BCUT2D eigenvalue weighted by atomic mass is 16.2. The molecule has 1 aliphatic carbocycles. The molecule has 1 saturated heterocycles. The number of aromatic amines is 1. The second-order valence-corrected chi connectivity index (χ2v) is 11.0. The van der Waals surface area contributed by atoms with Gasteiger partial charge in [0, 0.05) is 55.9 Å². The Hall–Kier alpha value is -3.90. The van der Waals surface area contributed by atoms with Gasteiger partial charge in [-0.25, -0.2) is 4.98 Å². The molecule has 6 nitrogen and oxygen atoms in total. The lowest BCUT2D eigenvalue weighted by Gasteiger charge is -2.40. The van der Waals surface area contributed by atoms with Crippen LogP contribution in [0.3, 0.4) is 0 Å². The van der Waals surface area contributed by atoms with Crippen LogP contribution in [0.1, 0.15) is 30.3 Å². The monoisotopic (exact) mass is 503 g/mol. The molecule has 1 saturated carbocycles. The zero-order valence-electron chi connectivity index (χ0n) is 21.8. The summed E-state index contributed by atoms with van der Waals surface area (Å²) in [4.78, 5) is 26.9. The summed E-state index contributed by atoms with van der Waals surface area (Å²) in [5.74, 6) is 1.86. The molecular weight excluding hydrogens is 470 g/mol. The predicted octanol–water partition coefficient (Wildman–Crippen LogP) is 5.56. The standard InChI is InChI=1S/C32H33N5O/c1-35-20-26(27-8-4-5-9-29(27)35)17-31(38)37-15-14-36(19-22-10-11-22)21-30(37)32-33-18-28(34-32)25-13-12-23-6-2-3-7-24(23)16-25/h2-9,12-13,16,18,20,22,30H,10-11,14-15,17,19,21H2,1H3,(H,33,34). The van der Waals surface area contributed by atoms with Gasteiger partial charge in [-0.2, -0.15) is 0 Å². The molecule has 1 unspecified atom stereocenters. The second-order valence-electron chi connectivity index (χ2n) is 11.0. The molecule has 2 aromatic heterocycles. The van der Waals surface area contributed by atoms with E-state index in [2.05, 4.69) is 80.1 Å². The van der Waals surface area contributed by atoms with Crippen LogP contribution in [0.25, 0.3) is 32.9 Å². The summed E-state index contributed by atoms with van der Waals surface area (Å²) in [5, 5.41) is 3.59. The molecule has 6 heteroatoms. The predicted molar refractivity (Wildman–Crippen MR) is 152 cm³/mol. The van der Waals surface area contributed by atoms with Gasteiger partial charge in [0.25, 0.3) is 0 Å². The Bertz CT molecular complexity index is 1630. The Balaban J connectivity index is 1.18. The number of nitrogens with zero attached hydrogens (tertiary/aromatic N) is 4. The van der Waals surface area contributed by atoms with Crippen LogP contribution in [-0.4, -0.2) is 56.4 Å².